The van der Waals surface area contributed by atoms with Gasteiger partial charge in [0.15, 0.2) is 5.54 Å². The van der Waals surface area contributed by atoms with Gasteiger partial charge in [-0.25, -0.2) is 4.79 Å². The normalized spacial score (nSPS) is 15.0. The van der Waals surface area contributed by atoms with E-state index < -0.39 is 17.2 Å². The Morgan fingerprint density at radius 1 is 0.885 bits per heavy atom. The minimum Gasteiger partial charge on any atom is -0.494 e. The van der Waals surface area contributed by atoms with E-state index in [0.717, 1.165) is 28.9 Å². The third-order valence-electron chi connectivity index (χ3n) is 8.32. The average molecular weight is 718 g/mol. The summed E-state index contributed by atoms with van der Waals surface area (Å²) >= 11 is 0.954. The molecule has 0 saturated carbocycles. The predicted molar refractivity (Wildman–Crippen MR) is 203 cm³/mol. The van der Waals surface area contributed by atoms with Gasteiger partial charge in [-0.3, -0.25) is 24.5 Å². The van der Waals surface area contributed by atoms with Crippen molar-refractivity contribution in [1.82, 2.24) is 4.98 Å². The van der Waals surface area contributed by atoms with Gasteiger partial charge in [0.1, 0.15) is 29.5 Å². The fourth-order valence-corrected chi connectivity index (χ4v) is 6.43. The molecular weight excluding hydrogens is 679 g/mol. The van der Waals surface area contributed by atoms with E-state index in [1.807, 2.05) is 54.6 Å². The predicted octanol–water partition coefficient (Wildman–Crippen LogP) is 7.97. The summed E-state index contributed by atoms with van der Waals surface area (Å²) in [5.41, 5.74) is 1.99. The van der Waals surface area contributed by atoms with E-state index in [1.165, 1.54) is 10.5 Å². The number of rotatable bonds is 12. The molecule has 4 aromatic carbocycles. The topological polar surface area (TPSA) is 131 Å². The highest BCUT2D eigenvalue weighted by Crippen LogP contribution is 2.41. The van der Waals surface area contributed by atoms with Gasteiger partial charge in [-0.15, -0.1) is 0 Å². The summed E-state index contributed by atoms with van der Waals surface area (Å²) in [7, 11) is 1.61. The molecule has 266 valence electrons. The molecular formula is C41H39N3O7S. The minimum absolute atomic E-state index is 0.135. The largest absolute Gasteiger partial charge is 0.494 e. The van der Waals surface area contributed by atoms with Gasteiger partial charge in [0.2, 0.25) is 11.7 Å². The Morgan fingerprint density at radius 2 is 1.54 bits per heavy atom. The second-order valence-electron chi connectivity index (χ2n) is 13.4. The van der Waals surface area contributed by atoms with Gasteiger partial charge in [-0.2, -0.15) is 0 Å². The molecule has 1 aromatic heterocycles. The fraction of sp³-hybridized carbons (Fsp3) is 0.220. The fourth-order valence-electron chi connectivity index (χ4n) is 5.67. The standard InChI is InChI=1S/C41H39N3O7S/c1-40(2,3)51-39(48)44(4)30-15-20-33(34(25-30)50-32-18-13-28(14-19-32)23-27-9-6-5-7-10-27)41(21-8-22-42-41)36(45)26-49-31-16-11-29(12-17-31)24-35-37(46)43-38(47)52-35/h5-22,25,46H,23-24,26H2,1-4H3,(H,43,47). The van der Waals surface area contributed by atoms with Crippen molar-refractivity contribution in [1.29, 1.82) is 0 Å². The summed E-state index contributed by atoms with van der Waals surface area (Å²) in [5.74, 6) is 0.871. The lowest BCUT2D eigenvalue weighted by Crippen LogP contribution is -2.36. The maximum absolute atomic E-state index is 14.1. The Labute approximate surface area is 305 Å². The lowest BCUT2D eigenvalue weighted by molar-refractivity contribution is -0.124. The Bertz CT molecular complexity index is 2150. The number of anilines is 1. The molecule has 1 amide bonds. The first-order valence-electron chi connectivity index (χ1n) is 16.7. The van der Waals surface area contributed by atoms with Crippen molar-refractivity contribution in [3.05, 3.63) is 146 Å². The van der Waals surface area contributed by atoms with Crippen molar-refractivity contribution >= 4 is 35.1 Å². The highest BCUT2D eigenvalue weighted by Gasteiger charge is 2.41. The number of Topliss-reactive ketones (excluding diaryl/α,β-unsaturated/α-hetero) is 1. The van der Waals surface area contributed by atoms with Crippen molar-refractivity contribution in [3.63, 3.8) is 0 Å². The lowest BCUT2D eigenvalue weighted by Gasteiger charge is -2.28. The molecule has 11 heteroatoms. The average Bonchev–Trinajstić information content (AvgIpc) is 3.74. The summed E-state index contributed by atoms with van der Waals surface area (Å²) in [6.45, 7) is 5.10. The number of benzene rings is 4. The van der Waals surface area contributed by atoms with Crippen LogP contribution in [0.25, 0.3) is 0 Å². The number of nitrogens with zero attached hydrogens (tertiary/aromatic N) is 2. The number of aromatic hydroxyl groups is 1. The number of ketones is 1. The number of hydrogen-bond donors (Lipinski definition) is 2. The van der Waals surface area contributed by atoms with Gasteiger partial charge in [-0.1, -0.05) is 65.9 Å². The van der Waals surface area contributed by atoms with E-state index in [0.29, 0.717) is 39.8 Å². The maximum Gasteiger partial charge on any atom is 0.414 e. The number of thiazole rings is 1. The summed E-state index contributed by atoms with van der Waals surface area (Å²) in [4.78, 5) is 47.3. The molecule has 1 atom stereocenters. The van der Waals surface area contributed by atoms with E-state index >= 15 is 0 Å². The van der Waals surface area contributed by atoms with Crippen LogP contribution in [0.15, 0.2) is 119 Å². The molecule has 0 saturated heterocycles. The molecule has 6 rings (SSSR count). The van der Waals surface area contributed by atoms with Crippen LogP contribution in [0.4, 0.5) is 10.5 Å². The summed E-state index contributed by atoms with van der Waals surface area (Å²) in [6.07, 6.45) is 5.58. The van der Waals surface area contributed by atoms with Crippen LogP contribution in [0.1, 0.15) is 47.9 Å². The van der Waals surface area contributed by atoms with Crippen molar-refractivity contribution in [2.24, 2.45) is 4.99 Å². The number of aromatic amines is 1. The number of aliphatic imine (C=N–C) groups is 1. The van der Waals surface area contributed by atoms with E-state index in [4.69, 9.17) is 14.2 Å². The number of carbonyl (C=O) groups excluding carboxylic acids is 2. The number of aromatic nitrogens is 1. The number of carbonyl (C=O) groups is 2. The van der Waals surface area contributed by atoms with Crippen LogP contribution in [0.2, 0.25) is 0 Å². The van der Waals surface area contributed by atoms with Crippen LogP contribution in [0.5, 0.6) is 23.1 Å². The van der Waals surface area contributed by atoms with Crippen molar-refractivity contribution < 1.29 is 28.9 Å². The van der Waals surface area contributed by atoms with Crippen LogP contribution in [-0.2, 0) is 27.9 Å². The first-order chi connectivity index (χ1) is 24.9. The molecule has 0 radical (unpaired) electrons. The Kier molecular flexibility index (Phi) is 10.4. The molecule has 10 nitrogen and oxygen atoms in total. The summed E-state index contributed by atoms with van der Waals surface area (Å²) in [6, 6.07) is 30.2. The van der Waals surface area contributed by atoms with Gasteiger partial charge >= 0.3 is 11.0 Å². The minimum atomic E-state index is -1.45. The molecule has 5 aromatic rings. The van der Waals surface area contributed by atoms with E-state index in [-0.39, 0.29) is 23.1 Å². The second kappa shape index (κ2) is 15.1. The smallest absolute Gasteiger partial charge is 0.414 e. The third-order valence-corrected chi connectivity index (χ3v) is 9.19. The van der Waals surface area contributed by atoms with Gasteiger partial charge in [-0.05, 0) is 92.4 Å². The van der Waals surface area contributed by atoms with Gasteiger partial charge in [0.05, 0.1) is 10.6 Å². The zero-order chi connectivity index (χ0) is 36.9. The number of hydrogen-bond acceptors (Lipinski definition) is 9. The first kappa shape index (κ1) is 35.9. The van der Waals surface area contributed by atoms with Crippen molar-refractivity contribution in [3.8, 4) is 23.1 Å². The molecule has 0 aliphatic carbocycles. The Morgan fingerprint density at radius 3 is 2.15 bits per heavy atom. The second-order valence-corrected chi connectivity index (χ2v) is 14.4. The summed E-state index contributed by atoms with van der Waals surface area (Å²) < 4.78 is 18.0. The molecule has 0 bridgehead atoms. The summed E-state index contributed by atoms with van der Waals surface area (Å²) in [5, 5.41) is 9.93. The number of H-pyrrole nitrogens is 1. The number of nitrogens with one attached hydrogen (secondary N) is 1. The van der Waals surface area contributed by atoms with Crippen LogP contribution < -0.4 is 19.2 Å². The van der Waals surface area contributed by atoms with Crippen molar-refractivity contribution in [2.75, 3.05) is 18.6 Å². The molecule has 0 spiro atoms. The zero-order valence-electron chi connectivity index (χ0n) is 29.3. The van der Waals surface area contributed by atoms with Gasteiger partial charge in [0.25, 0.3) is 0 Å². The van der Waals surface area contributed by atoms with Crippen LogP contribution in [-0.4, -0.2) is 47.4 Å². The van der Waals surface area contributed by atoms with Crippen molar-refractivity contribution in [2.45, 2.75) is 44.8 Å². The molecule has 1 aliphatic rings. The molecule has 0 fully saturated rings. The number of allylic oxidation sites excluding steroid dienone is 1. The SMILES string of the molecule is CN(C(=O)OC(C)(C)C)c1ccc(C2(C(=O)COc3ccc(Cc4sc(=O)[nH]c4O)cc3)C=CC=N2)c(Oc2ccc(Cc3ccccc3)cc2)c1. The van der Waals surface area contributed by atoms with Crippen LogP contribution >= 0.6 is 11.3 Å². The molecule has 1 unspecified atom stereocenters. The van der Waals surface area contributed by atoms with Crippen LogP contribution in [0, 0.1) is 0 Å². The van der Waals surface area contributed by atoms with Gasteiger partial charge in [0, 0.05) is 31.3 Å². The monoisotopic (exact) mass is 717 g/mol. The Hall–Kier alpha value is -5.94. The third kappa shape index (κ3) is 8.50. The van der Waals surface area contributed by atoms with Gasteiger partial charge < -0.3 is 19.3 Å². The first-order valence-corrected chi connectivity index (χ1v) is 17.5. The zero-order valence-corrected chi connectivity index (χ0v) is 30.1. The number of amides is 1. The molecule has 52 heavy (non-hydrogen) atoms. The lowest BCUT2D eigenvalue weighted by atomic mass is 9.86. The maximum atomic E-state index is 14.1. The van der Waals surface area contributed by atoms with E-state index in [2.05, 4.69) is 22.1 Å². The van der Waals surface area contributed by atoms with E-state index in [9.17, 15) is 19.5 Å². The molecule has 1 aliphatic heterocycles. The molecule has 2 heterocycles. The highest BCUT2D eigenvalue weighted by molar-refractivity contribution is 7.09. The van der Waals surface area contributed by atoms with E-state index in [1.54, 1.807) is 76.5 Å². The Balaban J connectivity index is 1.25. The molecule has 2 N–H and O–H groups in total. The van der Waals surface area contributed by atoms with Crippen LogP contribution in [0.3, 0.4) is 0 Å². The number of ether oxygens (including phenoxy) is 3. The highest BCUT2D eigenvalue weighted by atomic mass is 32.1. The quantitative estimate of drug-likeness (QED) is 0.134.